The zero-order chi connectivity index (χ0) is 17.3. The maximum Gasteiger partial charge on any atom is 0.0542 e. The summed E-state index contributed by atoms with van der Waals surface area (Å²) in [6, 6.07) is 14.0. The molecular formula is C22H24S2. The van der Waals surface area contributed by atoms with Crippen molar-refractivity contribution in [2.24, 2.45) is 0 Å². The molecule has 2 heterocycles. The van der Waals surface area contributed by atoms with Crippen molar-refractivity contribution in [3.05, 3.63) is 47.5 Å². The molecule has 0 fully saturated rings. The van der Waals surface area contributed by atoms with E-state index in [1.165, 1.54) is 40.7 Å². The van der Waals surface area contributed by atoms with Crippen molar-refractivity contribution < 1.29 is 0 Å². The van der Waals surface area contributed by atoms with E-state index in [4.69, 9.17) is 0 Å². The van der Waals surface area contributed by atoms with Crippen LogP contribution in [0.4, 0.5) is 0 Å². The van der Waals surface area contributed by atoms with Gasteiger partial charge in [-0.3, -0.25) is 0 Å². The first-order chi connectivity index (χ1) is 11.1. The van der Waals surface area contributed by atoms with Gasteiger partial charge in [-0.25, -0.2) is 0 Å². The maximum absolute atomic E-state index is 2.39. The van der Waals surface area contributed by atoms with Gasteiger partial charge in [-0.1, -0.05) is 65.8 Å². The summed E-state index contributed by atoms with van der Waals surface area (Å²) in [4.78, 5) is 0. The third kappa shape index (κ3) is 2.48. The number of fused-ring (bicyclic) bond motifs is 5. The van der Waals surface area contributed by atoms with Crippen LogP contribution in [0.2, 0.25) is 0 Å². The SMILES string of the molecule is CC(C)(C)c1ccc2c(c1)sc1c3ccc(C(C)(C)C)cc3sc21. The van der Waals surface area contributed by atoms with Crippen molar-refractivity contribution in [2.45, 2.75) is 52.4 Å². The van der Waals surface area contributed by atoms with Gasteiger partial charge >= 0.3 is 0 Å². The molecule has 0 spiro atoms. The summed E-state index contributed by atoms with van der Waals surface area (Å²) < 4.78 is 5.75. The quantitative estimate of drug-likeness (QED) is 0.302. The van der Waals surface area contributed by atoms with Crippen LogP contribution in [-0.2, 0) is 10.8 Å². The van der Waals surface area contributed by atoms with Gasteiger partial charge in [0.2, 0.25) is 0 Å². The van der Waals surface area contributed by atoms with Gasteiger partial charge in [0.25, 0.3) is 0 Å². The smallest absolute Gasteiger partial charge is 0.0542 e. The minimum Gasteiger partial charge on any atom is -0.134 e. The van der Waals surface area contributed by atoms with Crippen LogP contribution in [0.1, 0.15) is 52.7 Å². The molecule has 124 valence electrons. The molecule has 0 N–H and O–H groups in total. The van der Waals surface area contributed by atoms with E-state index in [9.17, 15) is 0 Å². The Kier molecular flexibility index (Phi) is 3.40. The summed E-state index contributed by atoms with van der Waals surface area (Å²) in [6.45, 7) is 13.7. The van der Waals surface area contributed by atoms with Crippen molar-refractivity contribution in [2.75, 3.05) is 0 Å². The van der Waals surface area contributed by atoms with Gasteiger partial charge in [-0.15, -0.1) is 22.7 Å². The number of hydrogen-bond donors (Lipinski definition) is 0. The second-order valence-electron chi connectivity index (χ2n) is 8.78. The van der Waals surface area contributed by atoms with Gasteiger partial charge in [0.15, 0.2) is 0 Å². The minimum atomic E-state index is 0.204. The van der Waals surface area contributed by atoms with Crippen LogP contribution in [0, 0.1) is 0 Å². The van der Waals surface area contributed by atoms with Crippen molar-refractivity contribution in [1.82, 2.24) is 0 Å². The molecule has 0 aliphatic heterocycles. The fourth-order valence-corrected chi connectivity index (χ4v) is 5.92. The number of rotatable bonds is 0. The van der Waals surface area contributed by atoms with E-state index in [0.29, 0.717) is 0 Å². The van der Waals surface area contributed by atoms with Gasteiger partial charge in [0.05, 0.1) is 9.40 Å². The lowest BCUT2D eigenvalue weighted by atomic mass is 9.87. The Bertz CT molecular complexity index is 975. The molecule has 0 radical (unpaired) electrons. The molecular weight excluding hydrogens is 328 g/mol. The Hall–Kier alpha value is -1.38. The summed E-state index contributed by atoms with van der Waals surface area (Å²) in [5, 5.41) is 2.84. The van der Waals surface area contributed by atoms with Gasteiger partial charge in [-0.05, 0) is 34.1 Å². The Balaban J connectivity index is 1.98. The normalized spacial score (nSPS) is 13.4. The Labute approximate surface area is 152 Å². The average Bonchev–Trinajstić information content (AvgIpc) is 2.99. The van der Waals surface area contributed by atoms with Crippen molar-refractivity contribution >= 4 is 52.2 Å². The first-order valence-corrected chi connectivity index (χ1v) is 10.2. The molecule has 2 aromatic heterocycles. The summed E-state index contributed by atoms with van der Waals surface area (Å²) in [7, 11) is 0. The third-order valence-corrected chi connectivity index (χ3v) is 7.32. The maximum atomic E-state index is 2.39. The molecule has 0 aliphatic carbocycles. The second-order valence-corrected chi connectivity index (χ2v) is 10.9. The largest absolute Gasteiger partial charge is 0.134 e. The molecule has 0 saturated heterocycles. The number of thiophene rings is 2. The second kappa shape index (κ2) is 5.06. The molecule has 4 aromatic rings. The highest BCUT2D eigenvalue weighted by molar-refractivity contribution is 7.36. The average molecular weight is 353 g/mol. The third-order valence-electron chi connectivity index (χ3n) is 4.81. The summed E-state index contributed by atoms with van der Waals surface area (Å²) in [5.41, 5.74) is 3.25. The van der Waals surface area contributed by atoms with Gasteiger partial charge in [0, 0.05) is 20.2 Å². The van der Waals surface area contributed by atoms with Crippen LogP contribution in [0.25, 0.3) is 29.6 Å². The summed E-state index contributed by atoms with van der Waals surface area (Å²) in [5.74, 6) is 0. The standard InChI is InChI=1S/C22H24S2/c1-21(2,3)13-7-9-15-17(11-13)23-20-16-10-8-14(22(4,5)6)12-18(16)24-19(15)20/h7-12H,1-6H3. The molecule has 0 amide bonds. The predicted molar refractivity (Wildman–Crippen MR) is 112 cm³/mol. The highest BCUT2D eigenvalue weighted by atomic mass is 32.1. The van der Waals surface area contributed by atoms with E-state index >= 15 is 0 Å². The van der Waals surface area contributed by atoms with Crippen molar-refractivity contribution in [1.29, 1.82) is 0 Å². The minimum absolute atomic E-state index is 0.204. The number of hydrogen-bond acceptors (Lipinski definition) is 2. The monoisotopic (exact) mass is 352 g/mol. The zero-order valence-electron chi connectivity index (χ0n) is 15.3. The lowest BCUT2D eigenvalue weighted by Crippen LogP contribution is -2.10. The first-order valence-electron chi connectivity index (χ1n) is 8.54. The topological polar surface area (TPSA) is 0 Å². The van der Waals surface area contributed by atoms with Gasteiger partial charge in [0.1, 0.15) is 0 Å². The molecule has 0 saturated carbocycles. The molecule has 0 unspecified atom stereocenters. The van der Waals surface area contributed by atoms with E-state index in [2.05, 4.69) is 77.9 Å². The molecule has 24 heavy (non-hydrogen) atoms. The molecule has 2 heteroatoms. The highest BCUT2D eigenvalue weighted by Crippen LogP contribution is 2.45. The fourth-order valence-electron chi connectivity index (χ4n) is 3.19. The Morgan fingerprint density at radius 2 is 0.958 bits per heavy atom. The lowest BCUT2D eigenvalue weighted by molar-refractivity contribution is 0.591. The Morgan fingerprint density at radius 1 is 0.583 bits per heavy atom. The summed E-state index contributed by atoms with van der Waals surface area (Å²) >= 11 is 3.90. The summed E-state index contributed by atoms with van der Waals surface area (Å²) in [6.07, 6.45) is 0. The molecule has 0 bridgehead atoms. The zero-order valence-corrected chi connectivity index (χ0v) is 16.9. The molecule has 2 aromatic carbocycles. The highest BCUT2D eigenvalue weighted by Gasteiger charge is 2.19. The van der Waals surface area contributed by atoms with Crippen molar-refractivity contribution in [3.63, 3.8) is 0 Å². The molecule has 0 aliphatic rings. The van der Waals surface area contributed by atoms with E-state index in [-0.39, 0.29) is 10.8 Å². The molecule has 0 atom stereocenters. The van der Waals surface area contributed by atoms with Crippen LogP contribution in [-0.4, -0.2) is 0 Å². The molecule has 0 nitrogen and oxygen atoms in total. The molecule has 4 rings (SSSR count). The van der Waals surface area contributed by atoms with E-state index < -0.39 is 0 Å². The lowest BCUT2D eigenvalue weighted by Gasteiger charge is -2.19. The predicted octanol–water partition coefficient (Wildman–Crippen LogP) is 7.86. The van der Waals surface area contributed by atoms with E-state index in [1.54, 1.807) is 0 Å². The van der Waals surface area contributed by atoms with Gasteiger partial charge in [-0.2, -0.15) is 0 Å². The van der Waals surface area contributed by atoms with Crippen LogP contribution in [0.3, 0.4) is 0 Å². The number of benzene rings is 2. The van der Waals surface area contributed by atoms with Crippen LogP contribution in [0.5, 0.6) is 0 Å². The van der Waals surface area contributed by atoms with Crippen LogP contribution in [0.15, 0.2) is 36.4 Å². The fraction of sp³-hybridized carbons (Fsp3) is 0.364. The van der Waals surface area contributed by atoms with Crippen molar-refractivity contribution in [3.8, 4) is 0 Å². The Morgan fingerprint density at radius 3 is 1.29 bits per heavy atom. The van der Waals surface area contributed by atoms with E-state index in [1.807, 2.05) is 22.7 Å². The van der Waals surface area contributed by atoms with Gasteiger partial charge < -0.3 is 0 Å². The van der Waals surface area contributed by atoms with E-state index in [0.717, 1.165) is 0 Å². The van der Waals surface area contributed by atoms with Crippen LogP contribution < -0.4 is 0 Å². The first kappa shape index (κ1) is 16.1. The van der Waals surface area contributed by atoms with Crippen LogP contribution >= 0.6 is 22.7 Å².